The Kier molecular flexibility index (Phi) is 3.66. The topological polar surface area (TPSA) is 69.2 Å². The maximum Gasteiger partial charge on any atom is 0.347 e. The molecule has 0 bridgehead atoms. The zero-order valence-electron chi connectivity index (χ0n) is 10.6. The first-order valence-electron chi connectivity index (χ1n) is 5.69. The molecule has 0 aliphatic carbocycles. The lowest BCUT2D eigenvalue weighted by molar-refractivity contribution is 0.0396. The molecule has 0 aliphatic rings. The van der Waals surface area contributed by atoms with E-state index in [0.29, 0.717) is 11.4 Å². The number of rotatable bonds is 2. The normalized spacial score (nSPS) is 10.0. The van der Waals surface area contributed by atoms with Crippen LogP contribution in [-0.4, -0.2) is 21.9 Å². The Morgan fingerprint density at radius 2 is 1.32 bits per heavy atom. The van der Waals surface area contributed by atoms with Gasteiger partial charge in [-0.05, 0) is 38.1 Å². The van der Waals surface area contributed by atoms with Gasteiger partial charge in [-0.15, -0.1) is 0 Å². The van der Waals surface area contributed by atoms with Gasteiger partial charge in [-0.2, -0.15) is 0 Å². The minimum atomic E-state index is -0.709. The van der Waals surface area contributed by atoms with Gasteiger partial charge in [-0.3, -0.25) is 9.97 Å². The first-order chi connectivity index (χ1) is 9.09. The van der Waals surface area contributed by atoms with E-state index >= 15 is 0 Å². The van der Waals surface area contributed by atoms with Crippen LogP contribution in [0.5, 0.6) is 0 Å². The molecule has 0 fully saturated rings. The number of aromatic nitrogens is 2. The summed E-state index contributed by atoms with van der Waals surface area (Å²) in [6.07, 6.45) is 3.14. The van der Waals surface area contributed by atoms with E-state index in [1.807, 2.05) is 0 Å². The summed E-state index contributed by atoms with van der Waals surface area (Å²) < 4.78 is 4.83. The number of nitrogens with zero attached hydrogens (tertiary/aromatic N) is 2. The molecule has 0 atom stereocenters. The van der Waals surface area contributed by atoms with Crippen molar-refractivity contribution in [3.8, 4) is 0 Å². The van der Waals surface area contributed by atoms with Gasteiger partial charge in [0.1, 0.15) is 0 Å². The smallest absolute Gasteiger partial charge is 0.347 e. The van der Waals surface area contributed by atoms with Crippen LogP contribution in [0.3, 0.4) is 0 Å². The first kappa shape index (κ1) is 12.9. The predicted molar refractivity (Wildman–Crippen MR) is 67.7 cm³/mol. The van der Waals surface area contributed by atoms with Gasteiger partial charge in [0.25, 0.3) is 0 Å². The largest absolute Gasteiger partial charge is 0.386 e. The highest BCUT2D eigenvalue weighted by Crippen LogP contribution is 2.10. The maximum atomic E-state index is 11.9. The van der Waals surface area contributed by atoms with Crippen molar-refractivity contribution >= 4 is 11.9 Å². The van der Waals surface area contributed by atoms with Crippen molar-refractivity contribution in [2.45, 2.75) is 13.8 Å². The molecule has 0 N–H and O–H groups in total. The molecule has 2 rings (SSSR count). The van der Waals surface area contributed by atoms with Crippen molar-refractivity contribution in [2.75, 3.05) is 0 Å². The van der Waals surface area contributed by atoms with E-state index in [2.05, 4.69) is 9.97 Å². The molecule has 2 aromatic rings. The lowest BCUT2D eigenvalue weighted by Gasteiger charge is -2.06. The van der Waals surface area contributed by atoms with Crippen molar-refractivity contribution in [1.82, 2.24) is 9.97 Å². The highest BCUT2D eigenvalue weighted by atomic mass is 16.6. The van der Waals surface area contributed by atoms with Crippen LogP contribution >= 0.6 is 0 Å². The second kappa shape index (κ2) is 5.39. The molecule has 0 saturated carbocycles. The van der Waals surface area contributed by atoms with Crippen molar-refractivity contribution < 1.29 is 14.3 Å². The SMILES string of the molecule is Cc1ncccc1C(=O)OC(=O)c1cccnc1C. The molecule has 0 spiro atoms. The van der Waals surface area contributed by atoms with Crippen molar-refractivity contribution in [3.63, 3.8) is 0 Å². The van der Waals surface area contributed by atoms with Gasteiger partial charge >= 0.3 is 11.9 Å². The Labute approximate surface area is 110 Å². The van der Waals surface area contributed by atoms with E-state index < -0.39 is 11.9 Å². The van der Waals surface area contributed by atoms with Crippen LogP contribution in [0, 0.1) is 13.8 Å². The van der Waals surface area contributed by atoms with Crippen molar-refractivity contribution in [2.24, 2.45) is 0 Å². The number of esters is 2. The number of hydrogen-bond donors (Lipinski definition) is 0. The highest BCUT2D eigenvalue weighted by molar-refractivity contribution is 6.03. The Hall–Kier alpha value is -2.56. The summed E-state index contributed by atoms with van der Waals surface area (Å²) in [5, 5.41) is 0. The van der Waals surface area contributed by atoms with Gasteiger partial charge < -0.3 is 4.74 Å². The summed E-state index contributed by atoms with van der Waals surface area (Å²) in [4.78, 5) is 31.7. The summed E-state index contributed by atoms with van der Waals surface area (Å²) in [6, 6.07) is 6.36. The summed E-state index contributed by atoms with van der Waals surface area (Å²) in [6.45, 7) is 3.35. The van der Waals surface area contributed by atoms with Crippen LogP contribution in [0.2, 0.25) is 0 Å². The second-order valence-electron chi connectivity index (χ2n) is 3.95. The molecule has 5 nitrogen and oxygen atoms in total. The third-order valence-electron chi connectivity index (χ3n) is 2.64. The molecular formula is C14H12N2O3. The fourth-order valence-corrected chi connectivity index (χ4v) is 1.59. The van der Waals surface area contributed by atoms with E-state index in [4.69, 9.17) is 4.74 Å². The maximum absolute atomic E-state index is 11.9. The number of pyridine rings is 2. The van der Waals surface area contributed by atoms with Crippen LogP contribution in [0.15, 0.2) is 36.7 Å². The van der Waals surface area contributed by atoms with Gasteiger partial charge in [0.05, 0.1) is 22.5 Å². The molecule has 0 unspecified atom stereocenters. The van der Waals surface area contributed by atoms with Crippen LogP contribution in [0.1, 0.15) is 32.1 Å². The van der Waals surface area contributed by atoms with E-state index in [9.17, 15) is 9.59 Å². The van der Waals surface area contributed by atoms with E-state index in [1.165, 1.54) is 0 Å². The summed E-state index contributed by atoms with van der Waals surface area (Å²) in [5.74, 6) is -1.42. The van der Waals surface area contributed by atoms with E-state index in [-0.39, 0.29) is 11.1 Å². The van der Waals surface area contributed by atoms with Crippen molar-refractivity contribution in [1.29, 1.82) is 0 Å². The molecule has 2 heterocycles. The zero-order valence-corrected chi connectivity index (χ0v) is 10.6. The average Bonchev–Trinajstić information content (AvgIpc) is 2.39. The number of ether oxygens (including phenoxy) is 1. The van der Waals surface area contributed by atoms with E-state index in [1.54, 1.807) is 50.5 Å². The molecule has 96 valence electrons. The molecular weight excluding hydrogens is 244 g/mol. The van der Waals surface area contributed by atoms with Crippen LogP contribution < -0.4 is 0 Å². The van der Waals surface area contributed by atoms with E-state index in [0.717, 1.165) is 0 Å². The Morgan fingerprint density at radius 3 is 1.68 bits per heavy atom. The van der Waals surface area contributed by atoms with Crippen molar-refractivity contribution in [3.05, 3.63) is 59.2 Å². The fourth-order valence-electron chi connectivity index (χ4n) is 1.59. The average molecular weight is 256 g/mol. The minimum absolute atomic E-state index is 0.275. The third kappa shape index (κ3) is 2.82. The Balaban J connectivity index is 2.19. The molecule has 0 saturated heterocycles. The standard InChI is InChI=1S/C14H12N2O3/c1-9-11(5-3-7-15-9)13(17)19-14(18)12-6-4-8-16-10(12)2/h3-8H,1-2H3. The number of hydrogen-bond acceptors (Lipinski definition) is 5. The summed E-state index contributed by atoms with van der Waals surface area (Å²) in [7, 11) is 0. The molecule has 2 aromatic heterocycles. The van der Waals surface area contributed by atoms with Crippen LogP contribution in [0.4, 0.5) is 0 Å². The fraction of sp³-hybridized carbons (Fsp3) is 0.143. The molecule has 0 radical (unpaired) electrons. The number of aryl methyl sites for hydroxylation is 2. The summed E-state index contributed by atoms with van der Waals surface area (Å²) in [5.41, 5.74) is 1.58. The lowest BCUT2D eigenvalue weighted by Crippen LogP contribution is -2.15. The second-order valence-corrected chi connectivity index (χ2v) is 3.95. The Morgan fingerprint density at radius 1 is 0.895 bits per heavy atom. The van der Waals surface area contributed by atoms with Gasteiger partial charge in [-0.25, -0.2) is 9.59 Å². The quantitative estimate of drug-likeness (QED) is 0.608. The van der Waals surface area contributed by atoms with Gasteiger partial charge in [0.15, 0.2) is 0 Å². The lowest BCUT2D eigenvalue weighted by atomic mass is 10.2. The van der Waals surface area contributed by atoms with Gasteiger partial charge in [0.2, 0.25) is 0 Å². The van der Waals surface area contributed by atoms with Gasteiger partial charge in [-0.1, -0.05) is 0 Å². The number of carbonyl (C=O) groups excluding carboxylic acids is 2. The van der Waals surface area contributed by atoms with Crippen LogP contribution in [-0.2, 0) is 4.74 Å². The number of carbonyl (C=O) groups is 2. The van der Waals surface area contributed by atoms with Crippen LogP contribution in [0.25, 0.3) is 0 Å². The minimum Gasteiger partial charge on any atom is -0.386 e. The third-order valence-corrected chi connectivity index (χ3v) is 2.64. The predicted octanol–water partition coefficient (Wildman–Crippen LogP) is 2.09. The van der Waals surface area contributed by atoms with Gasteiger partial charge in [0, 0.05) is 12.4 Å². The monoisotopic (exact) mass is 256 g/mol. The Bertz CT molecular complexity index is 583. The first-order valence-corrected chi connectivity index (χ1v) is 5.69. The zero-order chi connectivity index (χ0) is 13.8. The molecule has 0 amide bonds. The molecule has 5 heteroatoms. The molecule has 0 aromatic carbocycles. The highest BCUT2D eigenvalue weighted by Gasteiger charge is 2.18. The molecule has 19 heavy (non-hydrogen) atoms. The summed E-state index contributed by atoms with van der Waals surface area (Å²) >= 11 is 0. The molecule has 0 aliphatic heterocycles.